The molecular weight excluding hydrogens is 554 g/mol. The summed E-state index contributed by atoms with van der Waals surface area (Å²) in [7, 11) is 0.258. The number of nitrogens with one attached hydrogen (secondary N) is 1. The minimum absolute atomic E-state index is 0.0509. The Kier molecular flexibility index (Phi) is 10.1. The largest absolute Gasteiger partial charge is 0.493 e. The van der Waals surface area contributed by atoms with E-state index in [0.29, 0.717) is 90.9 Å². The van der Waals surface area contributed by atoms with Gasteiger partial charge >= 0.3 is 0 Å². The SMILES string of the molecule is CCCc1c(/C=N/O)n(C)c2c(=O)[nH]c(-c3cc(S(=O)N4CCN(CCCO[N+](=O)[O-])CC4)ccc3OCC)nc12. The average Bonchev–Trinajstić information content (AvgIpc) is 3.22. The lowest BCUT2D eigenvalue weighted by Gasteiger charge is -2.33. The summed E-state index contributed by atoms with van der Waals surface area (Å²) in [6, 6.07) is 5.23. The Bertz CT molecular complexity index is 1500. The number of hydrogen-bond donors (Lipinski definition) is 2. The van der Waals surface area contributed by atoms with E-state index in [1.54, 1.807) is 29.8 Å². The Morgan fingerprint density at radius 2 is 2.02 bits per heavy atom. The quantitative estimate of drug-likeness (QED) is 0.0999. The van der Waals surface area contributed by atoms with E-state index in [1.807, 2.05) is 18.2 Å². The fourth-order valence-corrected chi connectivity index (χ4v) is 6.25. The van der Waals surface area contributed by atoms with Crippen LogP contribution < -0.4 is 10.3 Å². The lowest BCUT2D eigenvalue weighted by molar-refractivity contribution is -0.757. The highest BCUT2D eigenvalue weighted by Gasteiger charge is 2.25. The molecule has 0 saturated carbocycles. The molecule has 1 fully saturated rings. The van der Waals surface area contributed by atoms with Gasteiger partial charge in [0.25, 0.3) is 10.6 Å². The van der Waals surface area contributed by atoms with Crippen LogP contribution in [-0.2, 0) is 29.3 Å². The van der Waals surface area contributed by atoms with Gasteiger partial charge in [-0.2, -0.15) is 0 Å². The van der Waals surface area contributed by atoms with E-state index in [2.05, 4.69) is 19.9 Å². The Balaban J connectivity index is 1.62. The third kappa shape index (κ3) is 6.74. The first-order valence-electron chi connectivity index (χ1n) is 13.5. The van der Waals surface area contributed by atoms with Crippen LogP contribution in [0.25, 0.3) is 22.4 Å². The molecule has 2 aromatic heterocycles. The zero-order valence-electron chi connectivity index (χ0n) is 23.4. The molecule has 0 aliphatic carbocycles. The van der Waals surface area contributed by atoms with E-state index in [4.69, 9.17) is 9.72 Å². The summed E-state index contributed by atoms with van der Waals surface area (Å²) in [5.41, 5.74) is 2.45. The molecular formula is C26H35N7O7S. The number of rotatable bonds is 13. The Labute approximate surface area is 239 Å². The van der Waals surface area contributed by atoms with Crippen molar-refractivity contribution in [2.24, 2.45) is 12.2 Å². The van der Waals surface area contributed by atoms with Crippen LogP contribution in [-0.4, -0.2) is 90.4 Å². The first-order chi connectivity index (χ1) is 19.8. The number of ether oxygens (including phenoxy) is 1. The maximum absolute atomic E-state index is 13.6. The van der Waals surface area contributed by atoms with Crippen molar-refractivity contribution in [2.75, 3.05) is 45.9 Å². The molecule has 0 spiro atoms. The van der Waals surface area contributed by atoms with Gasteiger partial charge in [-0.25, -0.2) is 13.5 Å². The molecule has 4 rings (SSSR count). The van der Waals surface area contributed by atoms with Gasteiger partial charge in [0.05, 0.1) is 35.6 Å². The fraction of sp³-hybridized carbons (Fsp3) is 0.500. The summed E-state index contributed by atoms with van der Waals surface area (Å²) in [6.45, 7) is 7.45. The number of aryl methyl sites for hydroxylation is 2. The molecule has 0 bridgehead atoms. The number of fused-ring (bicyclic) bond motifs is 1. The molecule has 1 aromatic carbocycles. The van der Waals surface area contributed by atoms with Crippen LogP contribution >= 0.6 is 0 Å². The van der Waals surface area contributed by atoms with Crippen molar-refractivity contribution in [3.05, 3.63) is 49.9 Å². The number of H-pyrrole nitrogens is 1. The van der Waals surface area contributed by atoms with Gasteiger partial charge in [0.2, 0.25) is 0 Å². The number of aromatic amines is 1. The van der Waals surface area contributed by atoms with Gasteiger partial charge in [-0.1, -0.05) is 18.5 Å². The van der Waals surface area contributed by atoms with E-state index in [0.717, 1.165) is 12.0 Å². The highest BCUT2D eigenvalue weighted by atomic mass is 32.2. The van der Waals surface area contributed by atoms with Gasteiger partial charge in [0.1, 0.15) is 33.6 Å². The number of aromatic nitrogens is 3. The summed E-state index contributed by atoms with van der Waals surface area (Å²) in [5, 5.41) is 21.9. The molecule has 1 saturated heterocycles. The maximum atomic E-state index is 13.6. The molecule has 1 unspecified atom stereocenters. The molecule has 222 valence electrons. The second kappa shape index (κ2) is 13.7. The topological polar surface area (TPSA) is 168 Å². The van der Waals surface area contributed by atoms with Gasteiger partial charge in [-0.3, -0.25) is 4.79 Å². The average molecular weight is 590 g/mol. The van der Waals surface area contributed by atoms with Crippen LogP contribution in [0.5, 0.6) is 5.75 Å². The molecule has 0 radical (unpaired) electrons. The molecule has 41 heavy (non-hydrogen) atoms. The maximum Gasteiger partial charge on any atom is 0.294 e. The van der Waals surface area contributed by atoms with Crippen molar-refractivity contribution in [1.29, 1.82) is 0 Å². The molecule has 0 amide bonds. The van der Waals surface area contributed by atoms with Crippen LogP contribution in [0.4, 0.5) is 0 Å². The predicted molar refractivity (Wildman–Crippen MR) is 153 cm³/mol. The standard InChI is InChI=1S/C26H35N7O7S/c1-4-7-19-21(17-27-35)30(3)24-23(19)28-25(29-26(24)34)20-16-18(8-9-22(20)39-5-2)41(38)32-13-11-31(12-14-32)10-6-15-40-33(36)37/h8-9,16-17,35H,4-7,10-15H2,1-3H3,(H,28,29,34)/b27-17+. The third-order valence-corrected chi connectivity index (χ3v) is 8.45. The van der Waals surface area contributed by atoms with Crippen LogP contribution in [0.3, 0.4) is 0 Å². The molecule has 1 atom stereocenters. The lowest BCUT2D eigenvalue weighted by Crippen LogP contribution is -2.47. The number of benzene rings is 1. The molecule has 1 aliphatic heterocycles. The highest BCUT2D eigenvalue weighted by molar-refractivity contribution is 7.82. The smallest absolute Gasteiger partial charge is 0.294 e. The summed E-state index contributed by atoms with van der Waals surface area (Å²) in [6.07, 6.45) is 3.28. The first kappa shape index (κ1) is 30.1. The van der Waals surface area contributed by atoms with Crippen LogP contribution in [0.2, 0.25) is 0 Å². The Hall–Kier alpha value is -3.82. The van der Waals surface area contributed by atoms with Gasteiger partial charge in [0, 0.05) is 45.3 Å². The van der Waals surface area contributed by atoms with Gasteiger partial charge in [-0.05, 0) is 38.0 Å². The van der Waals surface area contributed by atoms with E-state index < -0.39 is 16.1 Å². The minimum Gasteiger partial charge on any atom is -0.493 e. The predicted octanol–water partition coefficient (Wildman–Crippen LogP) is 2.33. The normalized spacial score (nSPS) is 15.5. The van der Waals surface area contributed by atoms with Crippen molar-refractivity contribution in [1.82, 2.24) is 23.7 Å². The third-order valence-electron chi connectivity index (χ3n) is 6.96. The lowest BCUT2D eigenvalue weighted by atomic mass is 10.1. The highest BCUT2D eigenvalue weighted by Crippen LogP contribution is 2.32. The van der Waals surface area contributed by atoms with Gasteiger partial charge < -0.3 is 29.2 Å². The van der Waals surface area contributed by atoms with Crippen LogP contribution in [0.15, 0.2) is 33.0 Å². The summed E-state index contributed by atoms with van der Waals surface area (Å²) >= 11 is 0. The zero-order valence-corrected chi connectivity index (χ0v) is 24.2. The van der Waals surface area contributed by atoms with Gasteiger partial charge in [-0.15, -0.1) is 10.1 Å². The molecule has 15 heteroatoms. The summed E-state index contributed by atoms with van der Waals surface area (Å²) in [4.78, 5) is 38.4. The fourth-order valence-electron chi connectivity index (χ4n) is 5.06. The van der Waals surface area contributed by atoms with E-state index >= 15 is 0 Å². The molecule has 2 N–H and O–H groups in total. The Morgan fingerprint density at radius 3 is 2.68 bits per heavy atom. The summed E-state index contributed by atoms with van der Waals surface area (Å²) < 4.78 is 23.0. The van der Waals surface area contributed by atoms with Crippen LogP contribution in [0, 0.1) is 10.1 Å². The number of oxime groups is 1. The van der Waals surface area contributed by atoms with E-state index in [9.17, 15) is 24.3 Å². The molecule has 3 aromatic rings. The summed E-state index contributed by atoms with van der Waals surface area (Å²) in [5.74, 6) is 0.796. The van der Waals surface area contributed by atoms with Crippen molar-refractivity contribution in [3.8, 4) is 17.1 Å². The number of nitrogens with zero attached hydrogens (tertiary/aromatic N) is 6. The second-order valence-corrected chi connectivity index (χ2v) is 11.0. The molecule has 14 nitrogen and oxygen atoms in total. The molecule has 1 aliphatic rings. The Morgan fingerprint density at radius 1 is 1.27 bits per heavy atom. The van der Waals surface area contributed by atoms with Gasteiger partial charge in [0.15, 0.2) is 0 Å². The van der Waals surface area contributed by atoms with Crippen molar-refractivity contribution in [3.63, 3.8) is 0 Å². The van der Waals surface area contributed by atoms with E-state index in [1.165, 1.54) is 6.21 Å². The first-order valence-corrected chi connectivity index (χ1v) is 14.6. The zero-order chi connectivity index (χ0) is 29.5. The van der Waals surface area contributed by atoms with E-state index in [-0.39, 0.29) is 12.2 Å². The van der Waals surface area contributed by atoms with Crippen molar-refractivity contribution < 1.29 is 24.1 Å². The van der Waals surface area contributed by atoms with Crippen molar-refractivity contribution in [2.45, 2.75) is 38.0 Å². The number of hydrogen-bond acceptors (Lipinski definition) is 10. The van der Waals surface area contributed by atoms with Crippen molar-refractivity contribution >= 4 is 28.2 Å². The van der Waals surface area contributed by atoms with Crippen LogP contribution in [0.1, 0.15) is 37.9 Å². The minimum atomic E-state index is -1.47. The monoisotopic (exact) mass is 589 g/mol. The number of piperazine rings is 1. The molecule has 3 heterocycles. The second-order valence-electron chi connectivity index (χ2n) is 9.55.